The fourth-order valence-electron chi connectivity index (χ4n) is 9.63. The Morgan fingerprint density at radius 2 is 1.31 bits per heavy atom. The summed E-state index contributed by atoms with van der Waals surface area (Å²) in [4.78, 5) is 0. The van der Waals surface area contributed by atoms with Crippen molar-refractivity contribution in [3.05, 3.63) is 85.6 Å². The highest BCUT2D eigenvalue weighted by molar-refractivity contribution is 6.98. The molecule has 48 heavy (non-hydrogen) atoms. The smallest absolute Gasteiger partial charge is 0.0657 e. The molecule has 2 aliphatic carbocycles. The van der Waals surface area contributed by atoms with Gasteiger partial charge in [-0.1, -0.05) is 180 Å². The lowest BCUT2D eigenvalue weighted by Crippen LogP contribution is -2.55. The summed E-state index contributed by atoms with van der Waals surface area (Å²) in [5.41, 5.74) is 16.0. The van der Waals surface area contributed by atoms with Crippen molar-refractivity contribution in [3.63, 3.8) is 0 Å². The van der Waals surface area contributed by atoms with Crippen molar-refractivity contribution < 1.29 is 0 Å². The van der Waals surface area contributed by atoms with E-state index in [4.69, 9.17) is 0 Å². The molecular weight excluding hydrogens is 593 g/mol. The summed E-state index contributed by atoms with van der Waals surface area (Å²) in [6.07, 6.45) is 14.4. The fourth-order valence-corrected chi connectivity index (χ4v) is 16.3. The van der Waals surface area contributed by atoms with E-state index >= 15 is 0 Å². The second-order valence-electron chi connectivity index (χ2n) is 18.1. The lowest BCUT2D eigenvalue weighted by Gasteiger charge is -2.45. The van der Waals surface area contributed by atoms with Crippen LogP contribution in [0.5, 0.6) is 0 Å². The number of unbranched alkanes of at least 4 members (excludes halogenated alkanes) is 6. The van der Waals surface area contributed by atoms with E-state index in [0.717, 1.165) is 6.42 Å². The minimum absolute atomic E-state index is 0.0418. The van der Waals surface area contributed by atoms with Gasteiger partial charge in [0.2, 0.25) is 0 Å². The summed E-state index contributed by atoms with van der Waals surface area (Å²) in [7, 11) is -2.21. The van der Waals surface area contributed by atoms with Crippen LogP contribution < -0.4 is 5.19 Å². The first-order chi connectivity index (χ1) is 22.5. The van der Waals surface area contributed by atoms with Crippen molar-refractivity contribution >= 4 is 24.9 Å². The Bertz CT molecular complexity index is 1530. The number of hydrogen-bond acceptors (Lipinski definition) is 0. The Morgan fingerprint density at radius 1 is 0.750 bits per heavy atom. The maximum absolute atomic E-state index is 2.87. The van der Waals surface area contributed by atoms with Gasteiger partial charge in [-0.3, -0.25) is 0 Å². The first-order valence-corrected chi connectivity index (χ1v) is 22.3. The van der Waals surface area contributed by atoms with Gasteiger partial charge in [0.25, 0.3) is 0 Å². The third-order valence-electron chi connectivity index (χ3n) is 12.1. The molecule has 0 radical (unpaired) electrons. The number of allylic oxidation sites excluding steroid dienone is 5. The Balaban J connectivity index is 2.20. The lowest BCUT2D eigenvalue weighted by atomic mass is 9.70. The minimum Gasteiger partial charge on any atom is -0.0657 e. The molecule has 0 nitrogen and oxygen atoms in total. The molecule has 0 amide bonds. The first kappa shape index (κ1) is 38.7. The van der Waals surface area contributed by atoms with Crippen LogP contribution in [0.15, 0.2) is 52.2 Å². The largest absolute Gasteiger partial charge is 0.115 e. The van der Waals surface area contributed by atoms with Crippen molar-refractivity contribution in [2.75, 3.05) is 0 Å². The van der Waals surface area contributed by atoms with Gasteiger partial charge in [0.15, 0.2) is 0 Å². The molecule has 0 aliphatic heterocycles. The molecule has 2 aliphatic rings. The van der Waals surface area contributed by atoms with Crippen LogP contribution in [-0.2, 0) is 17.3 Å². The SMILES string of the molecule is CCCCCC[Si](CCCCCC)(C1=C(C)C(C)=C(C)C1C)c1cc(C2=Cc3ccccc3C2)c(C(C)(C)C)c(C(C)C)c1C(C)(C)C. The summed E-state index contributed by atoms with van der Waals surface area (Å²) in [6.45, 7) is 34.8. The fraction of sp³-hybridized carbons (Fsp3) is 0.617. The zero-order valence-corrected chi connectivity index (χ0v) is 34.9. The van der Waals surface area contributed by atoms with Crippen LogP contribution in [0.1, 0.15) is 188 Å². The molecule has 0 heterocycles. The monoisotopic (exact) mass is 665 g/mol. The summed E-state index contributed by atoms with van der Waals surface area (Å²) < 4.78 is 0. The minimum atomic E-state index is -2.21. The molecule has 0 N–H and O–H groups in total. The Morgan fingerprint density at radius 3 is 1.77 bits per heavy atom. The highest BCUT2D eigenvalue weighted by Crippen LogP contribution is 2.50. The summed E-state index contributed by atoms with van der Waals surface area (Å²) in [6, 6.07) is 14.8. The quantitative estimate of drug-likeness (QED) is 0.139. The molecule has 2 aromatic carbocycles. The van der Waals surface area contributed by atoms with E-state index in [1.165, 1.54) is 74.6 Å². The van der Waals surface area contributed by atoms with Crippen molar-refractivity contribution in [2.24, 2.45) is 5.92 Å². The van der Waals surface area contributed by atoms with Gasteiger partial charge in [0.05, 0.1) is 0 Å². The summed E-state index contributed by atoms with van der Waals surface area (Å²) in [5.74, 6) is 1.01. The average Bonchev–Trinajstić information content (AvgIpc) is 3.53. The van der Waals surface area contributed by atoms with Gasteiger partial charge in [-0.2, -0.15) is 0 Å². The molecule has 0 fully saturated rings. The van der Waals surface area contributed by atoms with E-state index in [2.05, 4.69) is 133 Å². The van der Waals surface area contributed by atoms with Gasteiger partial charge < -0.3 is 0 Å². The Kier molecular flexibility index (Phi) is 12.4. The van der Waals surface area contributed by atoms with Crippen molar-refractivity contribution in [3.8, 4) is 0 Å². The van der Waals surface area contributed by atoms with Gasteiger partial charge in [-0.25, -0.2) is 0 Å². The van der Waals surface area contributed by atoms with Crippen LogP contribution in [0.25, 0.3) is 11.6 Å². The van der Waals surface area contributed by atoms with E-state index in [9.17, 15) is 0 Å². The van der Waals surface area contributed by atoms with Crippen LogP contribution in [0, 0.1) is 5.92 Å². The molecule has 2 aromatic rings. The summed E-state index contributed by atoms with van der Waals surface area (Å²) >= 11 is 0. The molecular formula is C47H72Si. The maximum atomic E-state index is 2.87. The molecule has 0 bridgehead atoms. The third kappa shape index (κ3) is 7.62. The molecule has 264 valence electrons. The van der Waals surface area contributed by atoms with Crippen LogP contribution in [0.4, 0.5) is 0 Å². The molecule has 1 heteroatoms. The van der Waals surface area contributed by atoms with Gasteiger partial charge in [0.1, 0.15) is 8.07 Å². The molecule has 0 saturated heterocycles. The Labute approximate surface area is 299 Å². The number of fused-ring (bicyclic) bond motifs is 1. The van der Waals surface area contributed by atoms with E-state index in [0.29, 0.717) is 11.8 Å². The van der Waals surface area contributed by atoms with Gasteiger partial charge in [-0.15, -0.1) is 0 Å². The van der Waals surface area contributed by atoms with Crippen molar-refractivity contribution in [1.82, 2.24) is 0 Å². The highest BCUT2D eigenvalue weighted by Gasteiger charge is 2.48. The maximum Gasteiger partial charge on any atom is 0.115 e. The lowest BCUT2D eigenvalue weighted by molar-refractivity contribution is 0.547. The second kappa shape index (κ2) is 15.4. The summed E-state index contributed by atoms with van der Waals surface area (Å²) in [5, 5.41) is 3.71. The number of rotatable bonds is 14. The topological polar surface area (TPSA) is 0 Å². The predicted molar refractivity (Wildman–Crippen MR) is 219 cm³/mol. The predicted octanol–water partition coefficient (Wildman–Crippen LogP) is 14.2. The molecule has 0 aromatic heterocycles. The molecule has 4 rings (SSSR count). The van der Waals surface area contributed by atoms with Gasteiger partial charge >= 0.3 is 0 Å². The van der Waals surface area contributed by atoms with Crippen LogP contribution >= 0.6 is 0 Å². The Hall–Kier alpha value is -2.12. The van der Waals surface area contributed by atoms with E-state index < -0.39 is 8.07 Å². The van der Waals surface area contributed by atoms with Crippen LogP contribution in [0.3, 0.4) is 0 Å². The van der Waals surface area contributed by atoms with Crippen LogP contribution in [0.2, 0.25) is 12.1 Å². The standard InChI is InChI=1S/C47H72Si/c1-15-17-19-23-27-48(28-24-20-18-16-2,45-35(7)33(5)34(6)36(45)8)41-31-40(39-29-37-25-21-22-26-38(37)30-39)43(46(9,10)11)42(32(3)4)44(41)47(12,13)14/h21-22,25-26,29,31-32,35H,15-20,23-24,27-28,30H2,1-14H3. The first-order valence-electron chi connectivity index (χ1n) is 19.9. The van der Waals surface area contributed by atoms with Crippen molar-refractivity contribution in [1.29, 1.82) is 0 Å². The molecule has 0 spiro atoms. The van der Waals surface area contributed by atoms with Crippen molar-refractivity contribution in [2.45, 2.75) is 184 Å². The third-order valence-corrected chi connectivity index (χ3v) is 17.8. The van der Waals surface area contributed by atoms with E-state index in [1.807, 2.05) is 10.4 Å². The molecule has 1 unspecified atom stereocenters. The van der Waals surface area contributed by atoms with Crippen LogP contribution in [-0.4, -0.2) is 8.07 Å². The highest BCUT2D eigenvalue weighted by atomic mass is 28.3. The van der Waals surface area contributed by atoms with Gasteiger partial charge in [-0.05, 0) is 112 Å². The average molecular weight is 665 g/mol. The molecule has 0 saturated carbocycles. The zero-order chi connectivity index (χ0) is 35.6. The number of benzene rings is 2. The number of hydrogen-bond donors (Lipinski definition) is 0. The zero-order valence-electron chi connectivity index (χ0n) is 33.9. The van der Waals surface area contributed by atoms with Gasteiger partial charge in [0, 0.05) is 0 Å². The second-order valence-corrected chi connectivity index (χ2v) is 22.3. The normalized spacial score (nSPS) is 17.2. The van der Waals surface area contributed by atoms with E-state index in [-0.39, 0.29) is 10.8 Å². The molecule has 1 atom stereocenters. The van der Waals surface area contributed by atoms with E-state index in [1.54, 1.807) is 44.5 Å².